The molecule has 1 heterocycles. The van der Waals surface area contributed by atoms with Crippen LogP contribution in [0.3, 0.4) is 0 Å². The molecule has 3 aromatic rings. The maximum Gasteiger partial charge on any atom is 0.248 e. The Hall–Kier alpha value is -3.17. The van der Waals surface area contributed by atoms with E-state index in [1.54, 1.807) is 13.1 Å². The fourth-order valence-corrected chi connectivity index (χ4v) is 4.17. The topological polar surface area (TPSA) is 80.3 Å². The van der Waals surface area contributed by atoms with Gasteiger partial charge in [0.15, 0.2) is 5.13 Å². The number of rotatable bonds is 10. The van der Waals surface area contributed by atoms with Crippen molar-refractivity contribution in [3.63, 3.8) is 0 Å². The van der Waals surface area contributed by atoms with Gasteiger partial charge in [-0.25, -0.2) is 13.8 Å². The van der Waals surface area contributed by atoms with Crippen LogP contribution < -0.4 is 10.6 Å². The minimum Gasteiger partial charge on any atom is -0.374 e. The molecule has 0 bridgehead atoms. The molecule has 9 heteroatoms. The molecule has 0 unspecified atom stereocenters. The van der Waals surface area contributed by atoms with E-state index in [1.165, 1.54) is 11.3 Å². The van der Waals surface area contributed by atoms with Gasteiger partial charge in [-0.05, 0) is 49.1 Å². The summed E-state index contributed by atoms with van der Waals surface area (Å²) in [6.45, 7) is 6.17. The summed E-state index contributed by atoms with van der Waals surface area (Å²) < 4.78 is 32.4. The Morgan fingerprint density at radius 1 is 1.12 bits per heavy atom. The van der Waals surface area contributed by atoms with Crippen LogP contribution in [0.4, 0.5) is 13.9 Å². The average molecular weight is 488 g/mol. The van der Waals surface area contributed by atoms with Gasteiger partial charge in [0.25, 0.3) is 0 Å². The first-order chi connectivity index (χ1) is 16.2. The molecule has 0 aliphatic rings. The molecule has 0 radical (unpaired) electrons. The molecular formula is C25H27F2N3O3S. The first-order valence-electron chi connectivity index (χ1n) is 11.0. The van der Waals surface area contributed by atoms with Crippen molar-refractivity contribution in [2.75, 3.05) is 5.32 Å². The third kappa shape index (κ3) is 7.16. The highest BCUT2D eigenvalue weighted by atomic mass is 32.1. The predicted octanol–water partition coefficient (Wildman–Crippen LogP) is 5.09. The van der Waals surface area contributed by atoms with Gasteiger partial charge in [0.1, 0.15) is 17.7 Å². The number of anilines is 1. The van der Waals surface area contributed by atoms with Crippen LogP contribution >= 0.6 is 11.3 Å². The second kappa shape index (κ2) is 11.8. The Balaban J connectivity index is 1.63. The lowest BCUT2D eigenvalue weighted by atomic mass is 10.1. The Morgan fingerprint density at radius 3 is 2.50 bits per heavy atom. The number of carbonyl (C=O) groups excluding carboxylic acids is 2. The summed E-state index contributed by atoms with van der Waals surface area (Å²) in [7, 11) is 0. The molecule has 0 aliphatic carbocycles. The van der Waals surface area contributed by atoms with Crippen molar-refractivity contribution >= 4 is 28.3 Å². The molecule has 2 amide bonds. The number of halogens is 2. The van der Waals surface area contributed by atoms with E-state index in [0.717, 1.165) is 34.2 Å². The summed E-state index contributed by atoms with van der Waals surface area (Å²) in [6, 6.07) is 9.94. The number of hydrogen-bond donors (Lipinski definition) is 2. The number of thiazole rings is 1. The summed E-state index contributed by atoms with van der Waals surface area (Å²) in [5.41, 5.74) is 2.18. The number of benzene rings is 2. The Kier molecular flexibility index (Phi) is 8.84. The number of aromatic nitrogens is 1. The monoisotopic (exact) mass is 487 g/mol. The molecule has 0 fully saturated rings. The number of ether oxygens (including phenoxy) is 1. The third-order valence-electron chi connectivity index (χ3n) is 4.94. The fourth-order valence-electron chi connectivity index (χ4n) is 3.29. The Bertz CT molecular complexity index is 1130. The van der Waals surface area contributed by atoms with E-state index in [1.807, 2.05) is 38.1 Å². The first kappa shape index (κ1) is 25.5. The molecule has 0 aliphatic heterocycles. The van der Waals surface area contributed by atoms with Crippen molar-refractivity contribution in [1.82, 2.24) is 10.3 Å². The molecule has 2 aromatic carbocycles. The summed E-state index contributed by atoms with van der Waals surface area (Å²) in [5, 5.41) is 5.76. The van der Waals surface area contributed by atoms with Gasteiger partial charge in [0.05, 0.1) is 24.0 Å². The van der Waals surface area contributed by atoms with Crippen molar-refractivity contribution in [3.05, 3.63) is 71.4 Å². The number of nitrogens with one attached hydrogen (secondary N) is 2. The van der Waals surface area contributed by atoms with Gasteiger partial charge in [-0.3, -0.25) is 9.59 Å². The van der Waals surface area contributed by atoms with E-state index in [4.69, 9.17) is 4.74 Å². The molecule has 180 valence electrons. The van der Waals surface area contributed by atoms with Crippen LogP contribution in [0, 0.1) is 11.6 Å². The second-order valence-corrected chi connectivity index (χ2v) is 9.05. The second-order valence-electron chi connectivity index (χ2n) is 8.02. The van der Waals surface area contributed by atoms with Crippen LogP contribution in [0.5, 0.6) is 0 Å². The predicted molar refractivity (Wildman–Crippen MR) is 128 cm³/mol. The zero-order valence-electron chi connectivity index (χ0n) is 19.2. The minimum atomic E-state index is -0.815. The van der Waals surface area contributed by atoms with Gasteiger partial charge >= 0.3 is 0 Å². The van der Waals surface area contributed by atoms with Gasteiger partial charge in [0.2, 0.25) is 11.8 Å². The van der Waals surface area contributed by atoms with Crippen molar-refractivity contribution in [2.24, 2.45) is 0 Å². The lowest BCUT2D eigenvalue weighted by Crippen LogP contribution is -2.44. The SMILES string of the molecule is CC[C@H](NC(=O)Cc1cc(F)cc(F)c1)C(=O)Nc1ncc(-c2ccccc2COC(C)C)s1. The summed E-state index contributed by atoms with van der Waals surface area (Å²) >= 11 is 1.32. The molecular weight excluding hydrogens is 460 g/mol. The van der Waals surface area contributed by atoms with Gasteiger partial charge in [-0.1, -0.05) is 42.5 Å². The molecule has 6 nitrogen and oxygen atoms in total. The van der Waals surface area contributed by atoms with Gasteiger partial charge in [0, 0.05) is 12.3 Å². The molecule has 0 spiro atoms. The maximum absolute atomic E-state index is 13.4. The van der Waals surface area contributed by atoms with Crippen molar-refractivity contribution in [3.8, 4) is 10.4 Å². The quantitative estimate of drug-likeness (QED) is 0.418. The standard InChI is InChI=1S/C25H27F2N3O3S/c1-4-21(29-23(31)11-16-9-18(26)12-19(27)10-16)24(32)30-25-28-13-22(34-25)20-8-6-5-7-17(20)14-33-15(2)3/h5-10,12-13,15,21H,4,11,14H2,1-3H3,(H,29,31)(H,28,30,32)/t21-/m0/s1. The molecule has 2 N–H and O–H groups in total. The van der Waals surface area contributed by atoms with Gasteiger partial charge < -0.3 is 15.4 Å². The number of amides is 2. The van der Waals surface area contributed by atoms with Crippen LogP contribution in [0.25, 0.3) is 10.4 Å². The van der Waals surface area contributed by atoms with Crippen LogP contribution in [0.1, 0.15) is 38.3 Å². The minimum absolute atomic E-state index is 0.102. The molecule has 0 saturated carbocycles. The van der Waals surface area contributed by atoms with E-state index in [-0.39, 0.29) is 18.1 Å². The Labute approximate surface area is 201 Å². The first-order valence-corrected chi connectivity index (χ1v) is 11.8. The van der Waals surface area contributed by atoms with Crippen molar-refractivity contribution in [1.29, 1.82) is 0 Å². The molecule has 0 saturated heterocycles. The van der Waals surface area contributed by atoms with E-state index in [9.17, 15) is 18.4 Å². The summed E-state index contributed by atoms with van der Waals surface area (Å²) in [4.78, 5) is 30.2. The van der Waals surface area contributed by atoms with Crippen LogP contribution in [0.15, 0.2) is 48.7 Å². The lowest BCUT2D eigenvalue weighted by Gasteiger charge is -2.16. The largest absolute Gasteiger partial charge is 0.374 e. The lowest BCUT2D eigenvalue weighted by molar-refractivity contribution is -0.126. The van der Waals surface area contributed by atoms with Gasteiger partial charge in [-0.2, -0.15) is 0 Å². The van der Waals surface area contributed by atoms with E-state index < -0.39 is 29.5 Å². The molecule has 1 aromatic heterocycles. The van der Waals surface area contributed by atoms with E-state index in [2.05, 4.69) is 15.6 Å². The normalized spacial score (nSPS) is 11.9. The number of carbonyl (C=O) groups is 2. The third-order valence-corrected chi connectivity index (χ3v) is 5.88. The average Bonchev–Trinajstić information content (AvgIpc) is 3.23. The van der Waals surface area contributed by atoms with Crippen LogP contribution in [0.2, 0.25) is 0 Å². The fraction of sp³-hybridized carbons (Fsp3) is 0.320. The highest BCUT2D eigenvalue weighted by Crippen LogP contribution is 2.32. The zero-order valence-corrected chi connectivity index (χ0v) is 20.0. The molecule has 1 atom stereocenters. The smallest absolute Gasteiger partial charge is 0.248 e. The van der Waals surface area contributed by atoms with E-state index >= 15 is 0 Å². The summed E-state index contributed by atoms with van der Waals surface area (Å²) in [5.74, 6) is -2.45. The Morgan fingerprint density at radius 2 is 1.82 bits per heavy atom. The van der Waals surface area contributed by atoms with Gasteiger partial charge in [-0.15, -0.1) is 0 Å². The van der Waals surface area contributed by atoms with E-state index in [0.29, 0.717) is 18.2 Å². The highest BCUT2D eigenvalue weighted by Gasteiger charge is 2.21. The molecule has 34 heavy (non-hydrogen) atoms. The number of nitrogens with zero attached hydrogens (tertiary/aromatic N) is 1. The van der Waals surface area contributed by atoms with Crippen molar-refractivity contribution in [2.45, 2.75) is 52.4 Å². The number of hydrogen-bond acceptors (Lipinski definition) is 5. The molecule has 3 rings (SSSR count). The zero-order chi connectivity index (χ0) is 24.7. The maximum atomic E-state index is 13.4. The van der Waals surface area contributed by atoms with Crippen LogP contribution in [-0.4, -0.2) is 28.9 Å². The van der Waals surface area contributed by atoms with Crippen LogP contribution in [-0.2, 0) is 27.4 Å². The summed E-state index contributed by atoms with van der Waals surface area (Å²) in [6.07, 6.45) is 1.88. The highest BCUT2D eigenvalue weighted by molar-refractivity contribution is 7.19. The van der Waals surface area contributed by atoms with Crippen molar-refractivity contribution < 1.29 is 23.1 Å².